The molecule has 21 heavy (non-hydrogen) atoms. The maximum atomic E-state index is 12.2. The van der Waals surface area contributed by atoms with Crippen molar-refractivity contribution >= 4 is 12.0 Å². The van der Waals surface area contributed by atoms with Crippen LogP contribution in [0.4, 0.5) is 4.79 Å². The van der Waals surface area contributed by atoms with Gasteiger partial charge in [0.05, 0.1) is 18.6 Å². The molecule has 6 heteroatoms. The summed E-state index contributed by atoms with van der Waals surface area (Å²) in [6, 6.07) is -0.176. The molecule has 6 nitrogen and oxygen atoms in total. The monoisotopic (exact) mass is 300 g/mol. The lowest BCUT2D eigenvalue weighted by molar-refractivity contribution is -0.141. The minimum atomic E-state index is -0.772. The summed E-state index contributed by atoms with van der Waals surface area (Å²) in [5, 5.41) is 21.1. The van der Waals surface area contributed by atoms with Crippen molar-refractivity contribution in [3.8, 4) is 0 Å². The number of amides is 2. The smallest absolute Gasteiger partial charge is 0.317 e. The number of carbonyl (C=O) groups is 2. The molecule has 1 aliphatic rings. The molecule has 1 rings (SSSR count). The van der Waals surface area contributed by atoms with Crippen LogP contribution in [0.15, 0.2) is 0 Å². The van der Waals surface area contributed by atoms with Gasteiger partial charge in [-0.05, 0) is 39.0 Å². The van der Waals surface area contributed by atoms with Gasteiger partial charge in [-0.15, -0.1) is 0 Å². The Hall–Kier alpha value is -1.30. The zero-order valence-corrected chi connectivity index (χ0v) is 13.0. The highest BCUT2D eigenvalue weighted by molar-refractivity contribution is 5.75. The number of rotatable bonds is 7. The lowest BCUT2D eigenvalue weighted by Gasteiger charge is -2.35. The van der Waals surface area contributed by atoms with Crippen LogP contribution in [0.25, 0.3) is 0 Å². The average Bonchev–Trinajstić information content (AvgIpc) is 2.46. The Kier molecular flexibility index (Phi) is 7.50. The maximum Gasteiger partial charge on any atom is 0.317 e. The number of urea groups is 1. The van der Waals surface area contributed by atoms with Gasteiger partial charge in [0.1, 0.15) is 0 Å². The normalized spacial score (nSPS) is 21.7. The second-order valence-corrected chi connectivity index (χ2v) is 6.05. The summed E-state index contributed by atoms with van der Waals surface area (Å²) in [6.45, 7) is 4.34. The molecule has 0 spiro atoms. The Bertz CT molecular complexity index is 349. The highest BCUT2D eigenvalue weighted by Crippen LogP contribution is 2.17. The van der Waals surface area contributed by atoms with Gasteiger partial charge < -0.3 is 20.4 Å². The van der Waals surface area contributed by atoms with Crippen LogP contribution in [0.3, 0.4) is 0 Å². The topological polar surface area (TPSA) is 89.9 Å². The zero-order chi connectivity index (χ0) is 15.8. The maximum absolute atomic E-state index is 12.2. The van der Waals surface area contributed by atoms with Crippen molar-refractivity contribution < 1.29 is 19.8 Å². The van der Waals surface area contributed by atoms with E-state index in [9.17, 15) is 14.7 Å². The fourth-order valence-corrected chi connectivity index (χ4v) is 2.68. The van der Waals surface area contributed by atoms with Crippen LogP contribution >= 0.6 is 0 Å². The fourth-order valence-electron chi connectivity index (χ4n) is 2.68. The molecule has 3 atom stereocenters. The molecule has 3 unspecified atom stereocenters. The number of carbonyl (C=O) groups excluding carboxylic acids is 1. The first-order valence-electron chi connectivity index (χ1n) is 7.86. The van der Waals surface area contributed by atoms with Gasteiger partial charge in [-0.3, -0.25) is 4.79 Å². The number of aliphatic hydroxyl groups excluding tert-OH is 1. The largest absolute Gasteiger partial charge is 0.481 e. The van der Waals surface area contributed by atoms with Crippen LogP contribution in [-0.2, 0) is 4.79 Å². The Balaban J connectivity index is 2.31. The Morgan fingerprint density at radius 2 is 2.00 bits per heavy atom. The number of nitrogens with one attached hydrogen (secondary N) is 1. The predicted molar refractivity (Wildman–Crippen MR) is 80.1 cm³/mol. The van der Waals surface area contributed by atoms with Gasteiger partial charge in [-0.1, -0.05) is 13.3 Å². The second kappa shape index (κ2) is 8.87. The summed E-state index contributed by atoms with van der Waals surface area (Å²) in [4.78, 5) is 24.6. The Morgan fingerprint density at radius 3 is 2.62 bits per heavy atom. The number of aliphatic carboxylic acids is 1. The van der Waals surface area contributed by atoms with Crippen LogP contribution < -0.4 is 5.32 Å². The van der Waals surface area contributed by atoms with E-state index in [-0.39, 0.29) is 30.6 Å². The average molecular weight is 300 g/mol. The van der Waals surface area contributed by atoms with Gasteiger partial charge in [0, 0.05) is 12.6 Å². The minimum absolute atomic E-state index is 0.0118. The number of likely N-dealkylation sites (tertiary alicyclic amines) is 1. The molecule has 0 saturated carbocycles. The summed E-state index contributed by atoms with van der Waals surface area (Å²) in [7, 11) is 0. The molecule has 0 aliphatic carbocycles. The van der Waals surface area contributed by atoms with Gasteiger partial charge in [0.15, 0.2) is 0 Å². The summed E-state index contributed by atoms with van der Waals surface area (Å²) in [6.07, 6.45) is 5.05. The Morgan fingerprint density at radius 1 is 1.29 bits per heavy atom. The van der Waals surface area contributed by atoms with E-state index in [4.69, 9.17) is 5.11 Å². The summed E-state index contributed by atoms with van der Waals surface area (Å²) in [5.74, 6) is -1.11. The van der Waals surface area contributed by atoms with Crippen molar-refractivity contribution in [1.29, 1.82) is 0 Å². The first-order valence-corrected chi connectivity index (χ1v) is 7.86. The highest BCUT2D eigenvalue weighted by atomic mass is 16.4. The Labute approximate surface area is 126 Å². The molecule has 3 N–H and O–H groups in total. The van der Waals surface area contributed by atoms with E-state index in [0.29, 0.717) is 13.0 Å². The van der Waals surface area contributed by atoms with Crippen LogP contribution in [-0.4, -0.2) is 52.3 Å². The van der Waals surface area contributed by atoms with Crippen molar-refractivity contribution in [3.63, 3.8) is 0 Å². The van der Waals surface area contributed by atoms with E-state index < -0.39 is 5.97 Å². The van der Waals surface area contributed by atoms with Crippen molar-refractivity contribution in [2.45, 2.75) is 64.5 Å². The molecule has 0 aromatic rings. The molecule has 1 aliphatic heterocycles. The van der Waals surface area contributed by atoms with Crippen LogP contribution in [0, 0.1) is 5.92 Å². The first-order chi connectivity index (χ1) is 9.95. The van der Waals surface area contributed by atoms with Gasteiger partial charge in [0.25, 0.3) is 0 Å². The molecular weight excluding hydrogens is 272 g/mol. The van der Waals surface area contributed by atoms with E-state index >= 15 is 0 Å². The number of carboxylic acid groups (broad SMARTS) is 1. The third-order valence-electron chi connectivity index (χ3n) is 4.16. The standard InChI is InChI=1S/C15H28N2O4/c1-11(14(19)20)6-5-7-12(2)16-15(21)17-9-4-3-8-13(17)10-18/h11-13,18H,3-10H2,1-2H3,(H,16,21)(H,19,20). The van der Waals surface area contributed by atoms with Crippen LogP contribution in [0.1, 0.15) is 52.4 Å². The van der Waals surface area contributed by atoms with Crippen LogP contribution in [0.5, 0.6) is 0 Å². The molecule has 1 fully saturated rings. The minimum Gasteiger partial charge on any atom is -0.481 e. The van der Waals surface area contributed by atoms with E-state index in [1.807, 2.05) is 6.92 Å². The van der Waals surface area contributed by atoms with E-state index in [2.05, 4.69) is 5.32 Å². The number of hydrogen-bond acceptors (Lipinski definition) is 3. The van der Waals surface area contributed by atoms with Crippen molar-refractivity contribution in [2.24, 2.45) is 5.92 Å². The fraction of sp³-hybridized carbons (Fsp3) is 0.867. The molecule has 0 aromatic heterocycles. The van der Waals surface area contributed by atoms with E-state index in [0.717, 1.165) is 32.1 Å². The number of carboxylic acids is 1. The van der Waals surface area contributed by atoms with Crippen LogP contribution in [0.2, 0.25) is 0 Å². The zero-order valence-electron chi connectivity index (χ0n) is 13.0. The number of piperidine rings is 1. The molecule has 0 bridgehead atoms. The summed E-state index contributed by atoms with van der Waals surface area (Å²) in [5.41, 5.74) is 0. The molecule has 1 saturated heterocycles. The van der Waals surface area contributed by atoms with Gasteiger partial charge >= 0.3 is 12.0 Å². The molecule has 2 amide bonds. The number of aliphatic hydroxyl groups is 1. The van der Waals surface area contributed by atoms with E-state index in [1.165, 1.54) is 0 Å². The third kappa shape index (κ3) is 5.91. The van der Waals surface area contributed by atoms with Gasteiger partial charge in [-0.2, -0.15) is 0 Å². The van der Waals surface area contributed by atoms with E-state index in [1.54, 1.807) is 11.8 Å². The molecule has 1 heterocycles. The molecule has 122 valence electrons. The second-order valence-electron chi connectivity index (χ2n) is 6.05. The first kappa shape index (κ1) is 17.8. The molecular formula is C15H28N2O4. The number of nitrogens with zero attached hydrogens (tertiary/aromatic N) is 1. The van der Waals surface area contributed by atoms with Crippen molar-refractivity contribution in [3.05, 3.63) is 0 Å². The SMILES string of the molecule is CC(CCCC(C)C(=O)O)NC(=O)N1CCCCC1CO. The number of hydrogen-bond donors (Lipinski definition) is 3. The third-order valence-corrected chi connectivity index (χ3v) is 4.16. The predicted octanol–water partition coefficient (Wildman–Crippen LogP) is 1.82. The highest BCUT2D eigenvalue weighted by Gasteiger charge is 2.26. The molecule has 0 aromatic carbocycles. The lowest BCUT2D eigenvalue weighted by atomic mass is 10.0. The van der Waals surface area contributed by atoms with Gasteiger partial charge in [-0.25, -0.2) is 4.79 Å². The quantitative estimate of drug-likeness (QED) is 0.669. The van der Waals surface area contributed by atoms with Crippen molar-refractivity contribution in [1.82, 2.24) is 10.2 Å². The van der Waals surface area contributed by atoms with Crippen molar-refractivity contribution in [2.75, 3.05) is 13.2 Å². The van der Waals surface area contributed by atoms with Gasteiger partial charge in [0.2, 0.25) is 0 Å². The molecule has 0 radical (unpaired) electrons. The lowest BCUT2D eigenvalue weighted by Crippen LogP contribution is -2.51. The summed E-state index contributed by atoms with van der Waals surface area (Å²) < 4.78 is 0. The summed E-state index contributed by atoms with van der Waals surface area (Å²) >= 11 is 0.